The van der Waals surface area contributed by atoms with Gasteiger partial charge in [0, 0.05) is 31.6 Å². The molecule has 128 valence electrons. The number of hydrogen-bond acceptors (Lipinski definition) is 6. The maximum Gasteiger partial charge on any atom is 0.208 e. The van der Waals surface area contributed by atoms with Crippen molar-refractivity contribution in [3.8, 4) is 0 Å². The van der Waals surface area contributed by atoms with Crippen molar-refractivity contribution >= 4 is 16.5 Å². The molecule has 2 aliphatic rings. The van der Waals surface area contributed by atoms with Crippen molar-refractivity contribution in [1.29, 1.82) is 0 Å². The van der Waals surface area contributed by atoms with Crippen LogP contribution in [0.5, 0.6) is 0 Å². The van der Waals surface area contributed by atoms with Gasteiger partial charge >= 0.3 is 0 Å². The van der Waals surface area contributed by atoms with Crippen molar-refractivity contribution in [2.45, 2.75) is 19.4 Å². The summed E-state index contributed by atoms with van der Waals surface area (Å²) in [6.07, 6.45) is 2.47. The third kappa shape index (κ3) is 3.61. The zero-order chi connectivity index (χ0) is 16.2. The molecule has 0 N–H and O–H groups in total. The van der Waals surface area contributed by atoms with E-state index in [9.17, 15) is 0 Å². The third-order valence-corrected chi connectivity index (χ3v) is 5.80. The smallest absolute Gasteiger partial charge is 0.208 e. The second-order valence-electron chi connectivity index (χ2n) is 7.00. The molecule has 2 aromatic rings. The number of benzene rings is 1. The molecule has 1 atom stereocenters. The Kier molecular flexibility index (Phi) is 4.78. The molecule has 4 rings (SSSR count). The first-order chi connectivity index (χ1) is 11.8. The molecule has 0 saturated carbocycles. The lowest BCUT2D eigenvalue weighted by atomic mass is 9.80. The van der Waals surface area contributed by atoms with Crippen LogP contribution >= 0.6 is 11.3 Å². The summed E-state index contributed by atoms with van der Waals surface area (Å²) in [6, 6.07) is 10.8. The van der Waals surface area contributed by atoms with Crippen LogP contribution in [-0.4, -0.2) is 54.5 Å². The predicted molar refractivity (Wildman–Crippen MR) is 96.3 cm³/mol. The molecule has 2 saturated heterocycles. The van der Waals surface area contributed by atoms with E-state index in [1.807, 2.05) is 5.51 Å². The number of likely N-dealkylation sites (tertiary alicyclic amines) is 1. The minimum Gasteiger partial charge on any atom is -0.379 e. The van der Waals surface area contributed by atoms with Crippen LogP contribution in [0.2, 0.25) is 0 Å². The van der Waals surface area contributed by atoms with Crippen LogP contribution in [0.15, 0.2) is 35.8 Å². The maximum atomic E-state index is 6.00. The number of nitrogens with zero attached hydrogens (tertiary/aromatic N) is 4. The van der Waals surface area contributed by atoms with Crippen molar-refractivity contribution in [2.24, 2.45) is 5.41 Å². The molecule has 3 heterocycles. The quantitative estimate of drug-likeness (QED) is 0.856. The Morgan fingerprint density at radius 2 is 2.08 bits per heavy atom. The van der Waals surface area contributed by atoms with Crippen molar-refractivity contribution in [3.63, 3.8) is 0 Å². The van der Waals surface area contributed by atoms with E-state index in [0.29, 0.717) is 0 Å². The normalized spacial score (nSPS) is 25.8. The minimum absolute atomic E-state index is 0.204. The molecule has 1 spiro atoms. The first-order valence-corrected chi connectivity index (χ1v) is 9.56. The standard InChI is InChI=1S/C18H24N4OS/c1-2-5-16(6-3-1)11-21-8-4-7-18(12-21)13-22(9-10-23-14-18)17-20-19-15-24-17/h1-3,5-6,15H,4,7-14H2. The zero-order valence-corrected chi connectivity index (χ0v) is 14.7. The number of anilines is 1. The van der Waals surface area contributed by atoms with Gasteiger partial charge in [0.2, 0.25) is 5.13 Å². The van der Waals surface area contributed by atoms with Crippen LogP contribution < -0.4 is 4.90 Å². The highest BCUT2D eigenvalue weighted by Crippen LogP contribution is 2.35. The topological polar surface area (TPSA) is 41.5 Å². The Morgan fingerprint density at radius 3 is 2.92 bits per heavy atom. The van der Waals surface area contributed by atoms with Gasteiger partial charge in [-0.3, -0.25) is 4.90 Å². The molecule has 2 fully saturated rings. The summed E-state index contributed by atoms with van der Waals surface area (Å²) in [5.41, 5.74) is 3.41. The van der Waals surface area contributed by atoms with Gasteiger partial charge in [-0.1, -0.05) is 41.7 Å². The number of rotatable bonds is 3. The molecule has 24 heavy (non-hydrogen) atoms. The Bertz CT molecular complexity index is 636. The van der Waals surface area contributed by atoms with Crippen molar-refractivity contribution < 1.29 is 4.74 Å². The zero-order valence-electron chi connectivity index (χ0n) is 13.9. The van der Waals surface area contributed by atoms with Gasteiger partial charge in [0.1, 0.15) is 5.51 Å². The van der Waals surface area contributed by atoms with E-state index in [-0.39, 0.29) is 5.41 Å². The van der Waals surface area contributed by atoms with E-state index in [1.165, 1.54) is 24.9 Å². The Balaban J connectivity index is 1.48. The van der Waals surface area contributed by atoms with Crippen LogP contribution in [0.4, 0.5) is 5.13 Å². The Morgan fingerprint density at radius 1 is 1.17 bits per heavy atom. The van der Waals surface area contributed by atoms with Crippen LogP contribution in [-0.2, 0) is 11.3 Å². The summed E-state index contributed by atoms with van der Waals surface area (Å²) in [7, 11) is 0. The number of piperidine rings is 1. The number of aromatic nitrogens is 2. The van der Waals surface area contributed by atoms with Gasteiger partial charge in [-0.05, 0) is 24.9 Å². The molecule has 0 bridgehead atoms. The molecule has 0 amide bonds. The minimum atomic E-state index is 0.204. The molecular weight excluding hydrogens is 320 g/mol. The van der Waals surface area contributed by atoms with Gasteiger partial charge in [0.15, 0.2) is 0 Å². The summed E-state index contributed by atoms with van der Waals surface area (Å²) in [5.74, 6) is 0. The lowest BCUT2D eigenvalue weighted by Gasteiger charge is -2.43. The summed E-state index contributed by atoms with van der Waals surface area (Å²) < 4.78 is 6.00. The second-order valence-corrected chi connectivity index (χ2v) is 7.81. The van der Waals surface area contributed by atoms with Gasteiger partial charge in [-0.25, -0.2) is 0 Å². The maximum absolute atomic E-state index is 6.00. The average Bonchev–Trinajstić information content (AvgIpc) is 3.07. The fourth-order valence-corrected chi connectivity index (χ4v) is 4.58. The molecule has 0 radical (unpaired) electrons. The summed E-state index contributed by atoms with van der Waals surface area (Å²) in [4.78, 5) is 4.96. The van der Waals surface area contributed by atoms with E-state index >= 15 is 0 Å². The molecule has 2 aliphatic heterocycles. The lowest BCUT2D eigenvalue weighted by molar-refractivity contribution is 0.0107. The molecule has 1 aromatic carbocycles. The largest absolute Gasteiger partial charge is 0.379 e. The van der Waals surface area contributed by atoms with Gasteiger partial charge in [-0.2, -0.15) is 0 Å². The van der Waals surface area contributed by atoms with E-state index < -0.39 is 0 Å². The van der Waals surface area contributed by atoms with Crippen LogP contribution in [0.25, 0.3) is 0 Å². The summed E-state index contributed by atoms with van der Waals surface area (Å²) >= 11 is 1.62. The van der Waals surface area contributed by atoms with Gasteiger partial charge in [0.05, 0.1) is 13.2 Å². The van der Waals surface area contributed by atoms with Crippen molar-refractivity contribution in [2.75, 3.05) is 44.3 Å². The van der Waals surface area contributed by atoms with E-state index in [0.717, 1.165) is 44.5 Å². The van der Waals surface area contributed by atoms with Gasteiger partial charge in [0.25, 0.3) is 0 Å². The van der Waals surface area contributed by atoms with E-state index in [2.05, 4.69) is 50.3 Å². The first kappa shape index (κ1) is 16.0. The average molecular weight is 344 g/mol. The second kappa shape index (κ2) is 7.17. The first-order valence-electron chi connectivity index (χ1n) is 8.68. The van der Waals surface area contributed by atoms with Crippen molar-refractivity contribution in [3.05, 3.63) is 41.4 Å². The van der Waals surface area contributed by atoms with Crippen LogP contribution in [0.1, 0.15) is 18.4 Å². The molecule has 1 aromatic heterocycles. The van der Waals surface area contributed by atoms with E-state index in [1.54, 1.807) is 11.3 Å². The fraction of sp³-hybridized carbons (Fsp3) is 0.556. The third-order valence-electron chi connectivity index (χ3n) is 5.05. The molecule has 6 heteroatoms. The molecular formula is C18H24N4OS. The Hall–Kier alpha value is -1.50. The molecule has 0 aliphatic carbocycles. The number of hydrogen-bond donors (Lipinski definition) is 0. The Labute approximate surface area is 147 Å². The predicted octanol–water partition coefficient (Wildman–Crippen LogP) is 2.66. The molecule has 1 unspecified atom stereocenters. The number of ether oxygens (including phenoxy) is 1. The van der Waals surface area contributed by atoms with Crippen LogP contribution in [0.3, 0.4) is 0 Å². The summed E-state index contributed by atoms with van der Waals surface area (Å²) in [6.45, 7) is 6.87. The highest BCUT2D eigenvalue weighted by molar-refractivity contribution is 7.13. The van der Waals surface area contributed by atoms with Gasteiger partial charge in [-0.15, -0.1) is 10.2 Å². The van der Waals surface area contributed by atoms with Crippen LogP contribution in [0, 0.1) is 5.41 Å². The van der Waals surface area contributed by atoms with E-state index in [4.69, 9.17) is 4.74 Å². The highest BCUT2D eigenvalue weighted by atomic mass is 32.1. The van der Waals surface area contributed by atoms with Crippen molar-refractivity contribution in [1.82, 2.24) is 15.1 Å². The molecule has 5 nitrogen and oxygen atoms in total. The van der Waals surface area contributed by atoms with Gasteiger partial charge < -0.3 is 9.64 Å². The summed E-state index contributed by atoms with van der Waals surface area (Å²) in [5, 5.41) is 9.31. The monoisotopic (exact) mass is 344 g/mol. The lowest BCUT2D eigenvalue weighted by Crippen LogP contribution is -2.50. The SMILES string of the molecule is c1ccc(CN2CCCC3(COCCN(c4nncs4)C3)C2)cc1. The fourth-order valence-electron chi connectivity index (χ4n) is 3.99. The highest BCUT2D eigenvalue weighted by Gasteiger charge is 2.39.